The number of nitrogens with zero attached hydrogens (tertiary/aromatic N) is 3. The van der Waals surface area contributed by atoms with Gasteiger partial charge in [0.25, 0.3) is 5.91 Å². The number of aliphatic imine (C=N–C) groups is 1. The summed E-state index contributed by atoms with van der Waals surface area (Å²) in [5, 5.41) is 12.8. The van der Waals surface area contributed by atoms with E-state index < -0.39 is 5.41 Å². The second-order valence-electron chi connectivity index (χ2n) is 8.63. The Morgan fingerprint density at radius 2 is 1.89 bits per heavy atom. The van der Waals surface area contributed by atoms with E-state index in [1.54, 1.807) is 7.11 Å². The molecule has 4 rings (SSSR count). The van der Waals surface area contributed by atoms with Crippen LogP contribution in [0.15, 0.2) is 84.0 Å². The molecule has 1 aromatic heterocycles. The fraction of sp³-hybridized carbons (Fsp3) is 0.185. The van der Waals surface area contributed by atoms with Crippen molar-refractivity contribution in [3.63, 3.8) is 0 Å². The Morgan fingerprint density at radius 1 is 1.11 bits per heavy atom. The number of aromatic nitrogens is 2. The molecule has 3 aromatic carbocycles. The minimum atomic E-state index is -0.898. The number of nitrogens with one attached hydrogen (secondary N) is 1. The highest BCUT2D eigenvalue weighted by Gasteiger charge is 2.39. The van der Waals surface area contributed by atoms with Gasteiger partial charge < -0.3 is 15.9 Å². The quantitative estimate of drug-likeness (QED) is 0.270. The molecule has 0 aliphatic heterocycles. The van der Waals surface area contributed by atoms with Crippen LogP contribution in [0.3, 0.4) is 0 Å². The highest BCUT2D eigenvalue weighted by atomic mass is 32.2. The van der Waals surface area contributed by atoms with Crippen molar-refractivity contribution in [3.05, 3.63) is 90.1 Å². The SMILES string of the molecule is COc1cccc(-n2ncc3cc(C(c4ccccc4)C(C)(C)C(=O)N=C(N)SC=N)ccc32)c1. The molecule has 0 bridgehead atoms. The number of carbonyl (C=O) groups is 1. The lowest BCUT2D eigenvalue weighted by atomic mass is 9.70. The van der Waals surface area contributed by atoms with Crippen LogP contribution in [0, 0.1) is 10.8 Å². The van der Waals surface area contributed by atoms with E-state index in [0.29, 0.717) is 0 Å². The summed E-state index contributed by atoms with van der Waals surface area (Å²) >= 11 is 0.913. The number of rotatable bonds is 7. The Labute approximate surface area is 208 Å². The largest absolute Gasteiger partial charge is 0.497 e. The monoisotopic (exact) mass is 485 g/mol. The molecule has 4 aromatic rings. The molecule has 1 heterocycles. The standard InChI is InChI=1S/C27H27N5O2S/c1-27(2,25(33)31-26(29)35-17-28)24(18-8-5-4-6-9-18)19-12-13-23-20(14-19)16-30-32(23)21-10-7-11-22(15-21)34-3/h4-17,24,28H,1-3H3,(H2,29,31,33). The molecule has 35 heavy (non-hydrogen) atoms. The third-order valence-corrected chi connectivity index (χ3v) is 6.47. The lowest BCUT2D eigenvalue weighted by molar-refractivity contribution is -0.126. The number of amides is 1. The van der Waals surface area contributed by atoms with E-state index in [1.165, 1.54) is 0 Å². The zero-order valence-corrected chi connectivity index (χ0v) is 20.6. The molecule has 3 N–H and O–H groups in total. The zero-order valence-electron chi connectivity index (χ0n) is 19.8. The Bertz CT molecular complexity index is 1400. The van der Waals surface area contributed by atoms with Crippen LogP contribution in [0.5, 0.6) is 5.75 Å². The predicted octanol–water partition coefficient (Wildman–Crippen LogP) is 5.37. The average Bonchev–Trinajstić information content (AvgIpc) is 3.28. The number of carbonyl (C=O) groups excluding carboxylic acids is 1. The van der Waals surface area contributed by atoms with Crippen LogP contribution in [0.2, 0.25) is 0 Å². The Balaban J connectivity index is 1.80. The van der Waals surface area contributed by atoms with Crippen molar-refractivity contribution in [2.75, 3.05) is 7.11 Å². The lowest BCUT2D eigenvalue weighted by Crippen LogP contribution is -2.32. The number of amidine groups is 1. The summed E-state index contributed by atoms with van der Waals surface area (Å²) in [6.07, 6.45) is 1.83. The average molecular weight is 486 g/mol. The summed E-state index contributed by atoms with van der Waals surface area (Å²) in [4.78, 5) is 17.3. The Hall–Kier alpha value is -3.91. The first-order chi connectivity index (χ1) is 16.8. The van der Waals surface area contributed by atoms with Gasteiger partial charge in [0.2, 0.25) is 0 Å². The van der Waals surface area contributed by atoms with Gasteiger partial charge in [0, 0.05) is 17.4 Å². The molecule has 1 amide bonds. The fourth-order valence-corrected chi connectivity index (χ4v) is 4.56. The van der Waals surface area contributed by atoms with Crippen LogP contribution in [-0.2, 0) is 4.79 Å². The summed E-state index contributed by atoms with van der Waals surface area (Å²) < 4.78 is 7.23. The first kappa shape index (κ1) is 24.2. The maximum Gasteiger partial charge on any atom is 0.254 e. The van der Waals surface area contributed by atoms with Gasteiger partial charge in [-0.15, -0.1) is 0 Å². The summed E-state index contributed by atoms with van der Waals surface area (Å²) in [7, 11) is 1.64. The van der Waals surface area contributed by atoms with Crippen molar-refractivity contribution in [2.45, 2.75) is 19.8 Å². The second kappa shape index (κ2) is 10.1. The van der Waals surface area contributed by atoms with Gasteiger partial charge >= 0.3 is 0 Å². The smallest absolute Gasteiger partial charge is 0.254 e. The third kappa shape index (κ3) is 4.97. The number of hydrogen-bond acceptors (Lipinski definition) is 5. The Morgan fingerprint density at radius 3 is 2.60 bits per heavy atom. The van der Waals surface area contributed by atoms with Crippen LogP contribution in [0.1, 0.15) is 30.9 Å². The van der Waals surface area contributed by atoms with Crippen LogP contribution in [0.25, 0.3) is 16.6 Å². The van der Waals surface area contributed by atoms with E-state index in [9.17, 15) is 4.79 Å². The van der Waals surface area contributed by atoms with Gasteiger partial charge in [0.05, 0.1) is 35.5 Å². The van der Waals surface area contributed by atoms with Crippen molar-refractivity contribution in [1.82, 2.24) is 9.78 Å². The molecule has 0 saturated carbocycles. The number of fused-ring (bicyclic) bond motifs is 1. The Kier molecular flexibility index (Phi) is 7.02. The molecule has 7 nitrogen and oxygen atoms in total. The van der Waals surface area contributed by atoms with E-state index in [2.05, 4.69) is 16.2 Å². The van der Waals surface area contributed by atoms with Crippen molar-refractivity contribution in [3.8, 4) is 11.4 Å². The summed E-state index contributed by atoms with van der Waals surface area (Å²) in [6, 6.07) is 23.8. The zero-order chi connectivity index (χ0) is 25.0. The highest BCUT2D eigenvalue weighted by Crippen LogP contribution is 2.43. The normalized spacial score (nSPS) is 12.9. The lowest BCUT2D eigenvalue weighted by Gasteiger charge is -2.32. The topological polar surface area (TPSA) is 106 Å². The van der Waals surface area contributed by atoms with Crippen LogP contribution in [-0.4, -0.2) is 33.5 Å². The van der Waals surface area contributed by atoms with Crippen LogP contribution >= 0.6 is 11.8 Å². The van der Waals surface area contributed by atoms with Crippen molar-refractivity contribution >= 4 is 39.3 Å². The van der Waals surface area contributed by atoms with Gasteiger partial charge in [0.1, 0.15) is 5.75 Å². The molecule has 0 aliphatic rings. The molecular formula is C27H27N5O2S. The maximum atomic E-state index is 13.3. The van der Waals surface area contributed by atoms with Crippen molar-refractivity contribution < 1.29 is 9.53 Å². The number of thioether (sulfide) groups is 1. The molecule has 178 valence electrons. The van der Waals surface area contributed by atoms with E-state index in [-0.39, 0.29) is 17.0 Å². The number of nitrogens with two attached hydrogens (primary N) is 1. The number of methoxy groups -OCH3 is 1. The molecule has 0 saturated heterocycles. The predicted molar refractivity (Wildman–Crippen MR) is 143 cm³/mol. The molecule has 0 radical (unpaired) electrons. The van der Waals surface area contributed by atoms with Gasteiger partial charge in [-0.3, -0.25) is 4.79 Å². The molecule has 1 unspecified atom stereocenters. The van der Waals surface area contributed by atoms with E-state index in [0.717, 1.165) is 50.8 Å². The molecular weight excluding hydrogens is 458 g/mol. The van der Waals surface area contributed by atoms with Crippen LogP contribution in [0.4, 0.5) is 0 Å². The minimum absolute atomic E-state index is 0.0555. The molecule has 8 heteroatoms. The molecule has 0 aliphatic carbocycles. The fourth-order valence-electron chi connectivity index (χ4n) is 4.30. The van der Waals surface area contributed by atoms with Gasteiger partial charge in [-0.05, 0) is 47.2 Å². The second-order valence-corrected chi connectivity index (χ2v) is 9.52. The summed E-state index contributed by atoms with van der Waals surface area (Å²) in [5.41, 5.74) is 9.81. The van der Waals surface area contributed by atoms with Gasteiger partial charge in [-0.1, -0.05) is 56.3 Å². The van der Waals surface area contributed by atoms with E-state index in [4.69, 9.17) is 15.9 Å². The van der Waals surface area contributed by atoms with Gasteiger partial charge in [-0.2, -0.15) is 10.1 Å². The first-order valence-corrected chi connectivity index (χ1v) is 11.9. The van der Waals surface area contributed by atoms with Gasteiger partial charge in [-0.25, -0.2) is 4.68 Å². The maximum absolute atomic E-state index is 13.3. The summed E-state index contributed by atoms with van der Waals surface area (Å²) in [5.74, 6) is 0.140. The third-order valence-electron chi connectivity index (χ3n) is 6.02. The molecule has 0 fully saturated rings. The number of hydrogen-bond donors (Lipinski definition) is 2. The number of benzene rings is 3. The van der Waals surface area contributed by atoms with Crippen molar-refractivity contribution in [1.29, 1.82) is 5.41 Å². The van der Waals surface area contributed by atoms with Crippen molar-refractivity contribution in [2.24, 2.45) is 16.1 Å². The highest BCUT2D eigenvalue weighted by molar-refractivity contribution is 8.24. The van der Waals surface area contributed by atoms with E-state index >= 15 is 0 Å². The van der Waals surface area contributed by atoms with Crippen LogP contribution < -0.4 is 10.5 Å². The molecule has 0 spiro atoms. The summed E-state index contributed by atoms with van der Waals surface area (Å²) in [6.45, 7) is 3.76. The molecule has 1 atom stereocenters. The van der Waals surface area contributed by atoms with E-state index in [1.807, 2.05) is 91.5 Å². The van der Waals surface area contributed by atoms with Gasteiger partial charge in [0.15, 0.2) is 5.17 Å². The number of ether oxygens (including phenoxy) is 1. The minimum Gasteiger partial charge on any atom is -0.497 e. The first-order valence-electron chi connectivity index (χ1n) is 11.1.